The van der Waals surface area contributed by atoms with Crippen molar-refractivity contribution in [3.05, 3.63) is 231 Å². The fourth-order valence-electron chi connectivity index (χ4n) is 8.16. The van der Waals surface area contributed by atoms with Crippen molar-refractivity contribution in [1.29, 1.82) is 0 Å². The van der Waals surface area contributed by atoms with E-state index in [1.54, 1.807) is 0 Å². The van der Waals surface area contributed by atoms with E-state index >= 15 is 0 Å². The second kappa shape index (κ2) is 14.4. The zero-order valence-electron chi connectivity index (χ0n) is 30.8. The molecule has 0 aliphatic rings. The van der Waals surface area contributed by atoms with Crippen molar-refractivity contribution >= 4 is 38.9 Å². The molecule has 2 nitrogen and oxygen atoms in total. The number of fused-ring (bicyclic) bond motifs is 3. The van der Waals surface area contributed by atoms with Gasteiger partial charge in [0.15, 0.2) is 0 Å². The molecule has 0 fully saturated rings. The summed E-state index contributed by atoms with van der Waals surface area (Å²) in [4.78, 5) is 2.37. The Morgan fingerprint density at radius 2 is 0.768 bits per heavy atom. The summed E-state index contributed by atoms with van der Waals surface area (Å²) in [6.45, 7) is 0. The summed E-state index contributed by atoms with van der Waals surface area (Å²) in [5.74, 6) is 0. The van der Waals surface area contributed by atoms with Crippen molar-refractivity contribution in [3.63, 3.8) is 0 Å². The van der Waals surface area contributed by atoms with Crippen LogP contribution in [0.15, 0.2) is 231 Å². The van der Waals surface area contributed by atoms with E-state index in [1.165, 1.54) is 60.8 Å². The SMILES string of the molecule is c1ccc(-c2ccc(N(c3ccc(-c4ccccc4)cc3)c3cccc(-c4ccc(-c5ccccc5)c5c4c4ccccc4n5-c4ccccc4)c3)cc2)cc1. The molecule has 10 aromatic rings. The van der Waals surface area contributed by atoms with E-state index in [1.807, 2.05) is 0 Å². The lowest BCUT2D eigenvalue weighted by molar-refractivity contribution is 1.18. The van der Waals surface area contributed by atoms with E-state index < -0.39 is 0 Å². The average molecular weight is 715 g/mol. The minimum atomic E-state index is 1.09. The van der Waals surface area contributed by atoms with E-state index in [2.05, 4.69) is 240 Å². The summed E-state index contributed by atoms with van der Waals surface area (Å²) >= 11 is 0. The van der Waals surface area contributed by atoms with Crippen molar-refractivity contribution in [2.24, 2.45) is 0 Å². The van der Waals surface area contributed by atoms with Crippen LogP contribution in [0.4, 0.5) is 17.1 Å². The molecule has 0 amide bonds. The molecule has 1 heterocycles. The highest BCUT2D eigenvalue weighted by Crippen LogP contribution is 2.45. The lowest BCUT2D eigenvalue weighted by Gasteiger charge is -2.26. The van der Waals surface area contributed by atoms with Gasteiger partial charge in [-0.1, -0.05) is 176 Å². The van der Waals surface area contributed by atoms with E-state index in [0.717, 1.165) is 28.3 Å². The van der Waals surface area contributed by atoms with Crippen molar-refractivity contribution in [2.75, 3.05) is 4.90 Å². The molecular weight excluding hydrogens is 677 g/mol. The van der Waals surface area contributed by atoms with Crippen LogP contribution in [0.1, 0.15) is 0 Å². The fourth-order valence-corrected chi connectivity index (χ4v) is 8.16. The molecule has 0 atom stereocenters. The first-order valence-corrected chi connectivity index (χ1v) is 19.2. The number of hydrogen-bond acceptors (Lipinski definition) is 1. The third-order valence-corrected chi connectivity index (χ3v) is 10.8. The highest BCUT2D eigenvalue weighted by molar-refractivity contribution is 6.19. The van der Waals surface area contributed by atoms with E-state index in [4.69, 9.17) is 0 Å². The largest absolute Gasteiger partial charge is 0.310 e. The lowest BCUT2D eigenvalue weighted by atomic mass is 9.94. The number of benzene rings is 9. The van der Waals surface area contributed by atoms with Crippen LogP contribution in [0.25, 0.3) is 72.0 Å². The minimum Gasteiger partial charge on any atom is -0.310 e. The first-order chi connectivity index (χ1) is 27.8. The smallest absolute Gasteiger partial charge is 0.0625 e. The van der Waals surface area contributed by atoms with Gasteiger partial charge < -0.3 is 9.47 Å². The van der Waals surface area contributed by atoms with Crippen LogP contribution in [-0.2, 0) is 0 Å². The highest BCUT2D eigenvalue weighted by Gasteiger charge is 2.21. The molecule has 2 heteroatoms. The van der Waals surface area contributed by atoms with E-state index in [9.17, 15) is 0 Å². The molecule has 0 saturated carbocycles. The Hall–Kier alpha value is -7.42. The zero-order chi connectivity index (χ0) is 37.3. The molecule has 56 heavy (non-hydrogen) atoms. The normalized spacial score (nSPS) is 11.2. The quantitative estimate of drug-likeness (QED) is 0.152. The minimum absolute atomic E-state index is 1.09. The summed E-state index contributed by atoms with van der Waals surface area (Å²) in [6.07, 6.45) is 0. The molecule has 0 saturated heterocycles. The lowest BCUT2D eigenvalue weighted by Crippen LogP contribution is -2.10. The molecule has 9 aromatic carbocycles. The standard InChI is InChI=1S/C54H38N2/c1-5-16-39(17-6-1)41-28-32-46(33-29-41)55(47-34-30-42(31-35-47)40-18-7-2-8-19-40)48-25-15-22-44(38-48)49-36-37-50(43-20-9-3-10-21-43)54-53(49)51-26-13-14-27-52(51)56(54)45-23-11-4-12-24-45/h1-38H. The topological polar surface area (TPSA) is 8.17 Å². The summed E-state index contributed by atoms with van der Waals surface area (Å²) < 4.78 is 2.44. The highest BCUT2D eigenvalue weighted by atomic mass is 15.1. The molecule has 264 valence electrons. The zero-order valence-corrected chi connectivity index (χ0v) is 30.8. The Morgan fingerprint density at radius 3 is 1.36 bits per heavy atom. The van der Waals surface area contributed by atoms with Gasteiger partial charge in [0, 0.05) is 39.1 Å². The van der Waals surface area contributed by atoms with Gasteiger partial charge in [-0.05, 0) is 93.5 Å². The maximum absolute atomic E-state index is 2.44. The van der Waals surface area contributed by atoms with Crippen LogP contribution in [0.3, 0.4) is 0 Å². The molecule has 0 N–H and O–H groups in total. The maximum atomic E-state index is 2.44. The van der Waals surface area contributed by atoms with Gasteiger partial charge in [-0.2, -0.15) is 0 Å². The summed E-state index contributed by atoms with van der Waals surface area (Å²) in [5.41, 5.74) is 16.4. The van der Waals surface area contributed by atoms with Crippen LogP contribution in [0.2, 0.25) is 0 Å². The Bertz CT molecular complexity index is 2830. The predicted molar refractivity (Wildman–Crippen MR) is 237 cm³/mol. The molecule has 1 aromatic heterocycles. The van der Waals surface area contributed by atoms with Crippen LogP contribution < -0.4 is 4.90 Å². The molecule has 0 radical (unpaired) electrons. The molecule has 0 aliphatic carbocycles. The average Bonchev–Trinajstić information content (AvgIpc) is 3.63. The Labute approximate surface area is 327 Å². The number of anilines is 3. The van der Waals surface area contributed by atoms with Crippen LogP contribution >= 0.6 is 0 Å². The van der Waals surface area contributed by atoms with Gasteiger partial charge in [-0.3, -0.25) is 0 Å². The third kappa shape index (κ3) is 6.04. The van der Waals surface area contributed by atoms with Gasteiger partial charge >= 0.3 is 0 Å². The number of hydrogen-bond donors (Lipinski definition) is 0. The van der Waals surface area contributed by atoms with E-state index in [0.29, 0.717) is 0 Å². The number of nitrogens with zero attached hydrogens (tertiary/aromatic N) is 2. The van der Waals surface area contributed by atoms with E-state index in [-0.39, 0.29) is 0 Å². The van der Waals surface area contributed by atoms with Crippen molar-refractivity contribution < 1.29 is 0 Å². The molecule has 0 unspecified atom stereocenters. The van der Waals surface area contributed by atoms with Gasteiger partial charge in [0.05, 0.1) is 11.0 Å². The number of rotatable bonds is 8. The van der Waals surface area contributed by atoms with Gasteiger partial charge in [0.2, 0.25) is 0 Å². The number of aromatic nitrogens is 1. The van der Waals surface area contributed by atoms with Crippen LogP contribution in [0, 0.1) is 0 Å². The van der Waals surface area contributed by atoms with Crippen LogP contribution in [-0.4, -0.2) is 4.57 Å². The fraction of sp³-hybridized carbons (Fsp3) is 0. The Kier molecular flexibility index (Phi) is 8.55. The van der Waals surface area contributed by atoms with Crippen molar-refractivity contribution in [3.8, 4) is 50.2 Å². The van der Waals surface area contributed by atoms with Crippen molar-refractivity contribution in [1.82, 2.24) is 4.57 Å². The molecular formula is C54H38N2. The second-order valence-electron chi connectivity index (χ2n) is 14.1. The van der Waals surface area contributed by atoms with Gasteiger partial charge in [-0.25, -0.2) is 0 Å². The van der Waals surface area contributed by atoms with Gasteiger partial charge in [0.1, 0.15) is 0 Å². The van der Waals surface area contributed by atoms with Crippen LogP contribution in [0.5, 0.6) is 0 Å². The number of para-hydroxylation sites is 2. The summed E-state index contributed by atoms with van der Waals surface area (Å²) in [5, 5.41) is 2.48. The predicted octanol–water partition coefficient (Wildman–Crippen LogP) is 14.9. The maximum Gasteiger partial charge on any atom is 0.0625 e. The summed E-state index contributed by atoms with van der Waals surface area (Å²) in [6, 6.07) is 83.0. The first-order valence-electron chi connectivity index (χ1n) is 19.2. The Morgan fingerprint density at radius 1 is 0.304 bits per heavy atom. The molecule has 0 aliphatic heterocycles. The summed E-state index contributed by atoms with van der Waals surface area (Å²) in [7, 11) is 0. The monoisotopic (exact) mass is 714 g/mol. The van der Waals surface area contributed by atoms with Gasteiger partial charge in [-0.15, -0.1) is 0 Å². The van der Waals surface area contributed by atoms with Crippen molar-refractivity contribution in [2.45, 2.75) is 0 Å². The molecule has 0 spiro atoms. The first kappa shape index (κ1) is 33.2. The molecule has 10 rings (SSSR count). The third-order valence-electron chi connectivity index (χ3n) is 10.8. The van der Waals surface area contributed by atoms with Gasteiger partial charge in [0.25, 0.3) is 0 Å². The Balaban J connectivity index is 1.17. The second-order valence-corrected chi connectivity index (χ2v) is 14.1. The molecule has 0 bridgehead atoms.